The van der Waals surface area contributed by atoms with Crippen LogP contribution in [0.15, 0.2) is 18.2 Å². The lowest BCUT2D eigenvalue weighted by atomic mass is 9.84. The van der Waals surface area contributed by atoms with Gasteiger partial charge in [-0.2, -0.15) is 0 Å². The molecule has 28 heavy (non-hydrogen) atoms. The van der Waals surface area contributed by atoms with Crippen LogP contribution in [0.4, 0.5) is 10.7 Å². The molecule has 1 aliphatic carbocycles. The third-order valence-electron chi connectivity index (χ3n) is 5.19. The molecule has 1 unspecified atom stereocenters. The molecule has 0 fully saturated rings. The van der Waals surface area contributed by atoms with Crippen molar-refractivity contribution in [3.63, 3.8) is 0 Å². The molecule has 0 spiro atoms. The Morgan fingerprint density at radius 1 is 1.39 bits per heavy atom. The first-order chi connectivity index (χ1) is 13.3. The van der Waals surface area contributed by atoms with Crippen molar-refractivity contribution in [3.05, 3.63) is 55.4 Å². The highest BCUT2D eigenvalue weighted by atomic mass is 32.1. The van der Waals surface area contributed by atoms with Crippen LogP contribution in [-0.4, -0.2) is 16.7 Å². The highest BCUT2D eigenvalue weighted by Gasteiger charge is 2.28. The zero-order valence-corrected chi connectivity index (χ0v) is 16.7. The number of nitrogens with two attached hydrogens (primary N) is 1. The van der Waals surface area contributed by atoms with Crippen molar-refractivity contribution < 1.29 is 14.5 Å². The number of thiophene rings is 1. The number of carbonyl (C=O) groups is 2. The quantitative estimate of drug-likeness (QED) is 0.557. The van der Waals surface area contributed by atoms with Crippen LogP contribution in [0.5, 0.6) is 0 Å². The minimum absolute atomic E-state index is 0.0390. The third kappa shape index (κ3) is 3.91. The van der Waals surface area contributed by atoms with E-state index >= 15 is 0 Å². The van der Waals surface area contributed by atoms with Crippen LogP contribution in [0.1, 0.15) is 62.9 Å². The monoisotopic (exact) mass is 401 g/mol. The predicted octanol–water partition coefficient (Wildman–Crippen LogP) is 4.22. The highest BCUT2D eigenvalue weighted by molar-refractivity contribution is 7.17. The maximum atomic E-state index is 12.7. The van der Waals surface area contributed by atoms with E-state index in [-0.39, 0.29) is 5.69 Å². The van der Waals surface area contributed by atoms with Crippen LogP contribution in [0, 0.1) is 23.0 Å². The number of primary amides is 1. The molecule has 1 atom stereocenters. The number of hydrogen-bond acceptors (Lipinski definition) is 5. The summed E-state index contributed by atoms with van der Waals surface area (Å²) in [5, 5.41) is 14.2. The van der Waals surface area contributed by atoms with Gasteiger partial charge in [0.15, 0.2) is 0 Å². The smallest absolute Gasteiger partial charge is 0.272 e. The van der Waals surface area contributed by atoms with Gasteiger partial charge in [0.1, 0.15) is 5.00 Å². The molecular weight excluding hydrogens is 378 g/mol. The molecule has 1 aromatic heterocycles. The largest absolute Gasteiger partial charge is 0.365 e. The fraction of sp³-hybridized carbons (Fsp3) is 0.400. The van der Waals surface area contributed by atoms with Gasteiger partial charge in [-0.3, -0.25) is 19.7 Å². The standard InChI is InChI=1S/C20H23N3O4S/c1-3-4-12-5-7-14-16(10-12)28-20(17(14)18(21)24)22-19(25)13-6-8-15(23(26)27)11(2)9-13/h6,8-9,12H,3-5,7,10H2,1-2H3,(H2,21,24)(H,22,25). The average Bonchev–Trinajstić information content (AvgIpc) is 2.98. The second-order valence-corrected chi connectivity index (χ2v) is 8.29. The second-order valence-electron chi connectivity index (χ2n) is 7.18. The van der Waals surface area contributed by atoms with Gasteiger partial charge in [-0.25, -0.2) is 0 Å². The summed E-state index contributed by atoms with van der Waals surface area (Å²) < 4.78 is 0. The van der Waals surface area contributed by atoms with Crippen molar-refractivity contribution in [1.29, 1.82) is 0 Å². The van der Waals surface area contributed by atoms with Crippen LogP contribution in [0.25, 0.3) is 0 Å². The summed E-state index contributed by atoms with van der Waals surface area (Å²) in [6, 6.07) is 4.20. The Morgan fingerprint density at radius 3 is 2.75 bits per heavy atom. The van der Waals surface area contributed by atoms with E-state index in [1.54, 1.807) is 6.92 Å². The average molecular weight is 401 g/mol. The SMILES string of the molecule is CCCC1CCc2c(sc(NC(=O)c3ccc([N+](=O)[O-])c(C)c3)c2C(N)=O)C1. The van der Waals surface area contributed by atoms with Gasteiger partial charge in [-0.15, -0.1) is 11.3 Å². The van der Waals surface area contributed by atoms with Gasteiger partial charge in [0.05, 0.1) is 10.5 Å². The zero-order valence-electron chi connectivity index (χ0n) is 15.9. The molecular formula is C20H23N3O4S. The van der Waals surface area contributed by atoms with Crippen molar-refractivity contribution in [3.8, 4) is 0 Å². The fourth-order valence-corrected chi connectivity index (χ4v) is 5.20. The number of fused-ring (bicyclic) bond motifs is 1. The summed E-state index contributed by atoms with van der Waals surface area (Å²) in [4.78, 5) is 36.3. The van der Waals surface area contributed by atoms with Crippen LogP contribution in [0.3, 0.4) is 0 Å². The van der Waals surface area contributed by atoms with Crippen LogP contribution in [-0.2, 0) is 12.8 Å². The van der Waals surface area contributed by atoms with Gasteiger partial charge >= 0.3 is 0 Å². The van der Waals surface area contributed by atoms with Crippen molar-refractivity contribution in [2.45, 2.75) is 46.0 Å². The lowest BCUT2D eigenvalue weighted by Gasteiger charge is -2.21. The lowest BCUT2D eigenvalue weighted by Crippen LogP contribution is -2.20. The Hall–Kier alpha value is -2.74. The Morgan fingerprint density at radius 2 is 2.14 bits per heavy atom. The number of amides is 2. The minimum Gasteiger partial charge on any atom is -0.365 e. The molecule has 0 bridgehead atoms. The van der Waals surface area contributed by atoms with Crippen molar-refractivity contribution >= 4 is 33.8 Å². The van der Waals surface area contributed by atoms with Gasteiger partial charge < -0.3 is 11.1 Å². The van der Waals surface area contributed by atoms with E-state index in [0.29, 0.717) is 27.6 Å². The molecule has 3 N–H and O–H groups in total. The van der Waals surface area contributed by atoms with Crippen LogP contribution >= 0.6 is 11.3 Å². The summed E-state index contributed by atoms with van der Waals surface area (Å²) in [5.74, 6) is -0.358. The number of anilines is 1. The Kier molecular flexibility index (Phi) is 5.79. The summed E-state index contributed by atoms with van der Waals surface area (Å²) in [7, 11) is 0. The first kappa shape index (κ1) is 20.0. The number of nitrogens with one attached hydrogen (secondary N) is 1. The molecule has 7 nitrogen and oxygen atoms in total. The number of nitrogens with zero attached hydrogens (tertiary/aromatic N) is 1. The topological polar surface area (TPSA) is 115 Å². The molecule has 0 aliphatic heterocycles. The number of carbonyl (C=O) groups excluding carboxylic acids is 2. The maximum absolute atomic E-state index is 12.7. The molecule has 2 amide bonds. The minimum atomic E-state index is -0.540. The number of nitro benzene ring substituents is 1. The van der Waals surface area contributed by atoms with E-state index in [1.165, 1.54) is 29.5 Å². The number of benzene rings is 1. The van der Waals surface area contributed by atoms with Crippen LogP contribution < -0.4 is 11.1 Å². The van der Waals surface area contributed by atoms with Crippen molar-refractivity contribution in [1.82, 2.24) is 0 Å². The Balaban J connectivity index is 1.88. The summed E-state index contributed by atoms with van der Waals surface area (Å²) in [5.41, 5.74) is 7.64. The summed E-state index contributed by atoms with van der Waals surface area (Å²) in [6.45, 7) is 3.75. The van der Waals surface area contributed by atoms with E-state index < -0.39 is 16.7 Å². The van der Waals surface area contributed by atoms with E-state index in [0.717, 1.165) is 42.5 Å². The Bertz CT molecular complexity index is 951. The number of rotatable bonds is 6. The van der Waals surface area contributed by atoms with Crippen molar-refractivity contribution in [2.75, 3.05) is 5.32 Å². The molecule has 0 saturated heterocycles. The highest BCUT2D eigenvalue weighted by Crippen LogP contribution is 2.40. The summed E-state index contributed by atoms with van der Waals surface area (Å²) in [6.07, 6.45) is 4.98. The molecule has 8 heteroatoms. The van der Waals surface area contributed by atoms with E-state index in [1.807, 2.05) is 0 Å². The predicted molar refractivity (Wildman–Crippen MR) is 109 cm³/mol. The first-order valence-electron chi connectivity index (χ1n) is 9.32. The van der Waals surface area contributed by atoms with E-state index in [4.69, 9.17) is 5.73 Å². The normalized spacial score (nSPS) is 15.7. The molecule has 0 saturated carbocycles. The van der Waals surface area contributed by atoms with Gasteiger partial charge in [0.2, 0.25) is 0 Å². The van der Waals surface area contributed by atoms with Crippen LogP contribution in [0.2, 0.25) is 0 Å². The molecule has 2 aromatic rings. The second kappa shape index (κ2) is 8.10. The first-order valence-corrected chi connectivity index (χ1v) is 10.1. The molecule has 148 valence electrons. The molecule has 3 rings (SSSR count). The molecule has 1 aromatic carbocycles. The number of hydrogen-bond donors (Lipinski definition) is 2. The van der Waals surface area contributed by atoms with E-state index in [2.05, 4.69) is 12.2 Å². The maximum Gasteiger partial charge on any atom is 0.272 e. The van der Waals surface area contributed by atoms with E-state index in [9.17, 15) is 19.7 Å². The number of nitro groups is 1. The van der Waals surface area contributed by atoms with Gasteiger partial charge in [-0.05, 0) is 49.8 Å². The Labute approximate surface area is 167 Å². The fourth-order valence-electron chi connectivity index (χ4n) is 3.83. The van der Waals surface area contributed by atoms with Crippen molar-refractivity contribution in [2.24, 2.45) is 11.7 Å². The molecule has 1 aliphatic rings. The summed E-state index contributed by atoms with van der Waals surface area (Å²) >= 11 is 1.41. The third-order valence-corrected chi connectivity index (χ3v) is 6.36. The molecule has 0 radical (unpaired) electrons. The van der Waals surface area contributed by atoms with Gasteiger partial charge in [0.25, 0.3) is 17.5 Å². The lowest BCUT2D eigenvalue weighted by molar-refractivity contribution is -0.385. The molecule has 1 heterocycles. The van der Waals surface area contributed by atoms with Gasteiger partial charge in [0, 0.05) is 22.1 Å². The number of aryl methyl sites for hydroxylation is 1. The zero-order chi connectivity index (χ0) is 20.4. The van der Waals surface area contributed by atoms with Gasteiger partial charge in [-0.1, -0.05) is 19.8 Å².